The van der Waals surface area contributed by atoms with Gasteiger partial charge in [0.15, 0.2) is 11.5 Å². The second-order valence-electron chi connectivity index (χ2n) is 4.47. The molecule has 1 heterocycles. The molecule has 0 bridgehead atoms. The van der Waals surface area contributed by atoms with E-state index in [1.165, 1.54) is 19.2 Å². The van der Waals surface area contributed by atoms with Gasteiger partial charge < -0.3 is 19.6 Å². The summed E-state index contributed by atoms with van der Waals surface area (Å²) in [6.07, 6.45) is 0. The van der Waals surface area contributed by atoms with Gasteiger partial charge in [0, 0.05) is 0 Å². The van der Waals surface area contributed by atoms with Crippen LogP contribution in [0.4, 0.5) is 5.88 Å². The molecule has 1 aromatic heterocycles. The smallest absolute Gasteiger partial charge is 0.433 e. The van der Waals surface area contributed by atoms with Gasteiger partial charge in [-0.1, -0.05) is 0 Å². The Morgan fingerprint density at radius 2 is 1.86 bits per heavy atom. The second-order valence-corrected chi connectivity index (χ2v) is 4.47. The summed E-state index contributed by atoms with van der Waals surface area (Å²) in [7, 11) is 3.08. The van der Waals surface area contributed by atoms with Crippen LogP contribution in [0, 0.1) is 17.0 Å². The van der Waals surface area contributed by atoms with Crippen molar-refractivity contribution in [1.82, 2.24) is 0 Å². The molecule has 0 aliphatic rings. The fourth-order valence-corrected chi connectivity index (χ4v) is 2.09. The first-order valence-electron chi connectivity index (χ1n) is 6.20. The van der Waals surface area contributed by atoms with Crippen molar-refractivity contribution in [1.29, 1.82) is 0 Å². The van der Waals surface area contributed by atoms with Crippen molar-refractivity contribution in [2.45, 2.75) is 13.0 Å². The first-order chi connectivity index (χ1) is 9.97. The van der Waals surface area contributed by atoms with Gasteiger partial charge in [-0.05, 0) is 36.2 Å². The molecule has 0 saturated heterocycles. The highest BCUT2D eigenvalue weighted by Gasteiger charge is 2.21. The van der Waals surface area contributed by atoms with Gasteiger partial charge >= 0.3 is 5.88 Å². The van der Waals surface area contributed by atoms with E-state index in [0.717, 1.165) is 11.1 Å². The van der Waals surface area contributed by atoms with Gasteiger partial charge in [0.1, 0.15) is 10.7 Å². The molecule has 7 nitrogen and oxygen atoms in total. The fourth-order valence-electron chi connectivity index (χ4n) is 2.09. The quantitative estimate of drug-likeness (QED) is 0.671. The standard InChI is InChI=1S/C14H16N2O5/c1-8-6-11(19-2)12(20-3)7-9(8)14(15)10-4-5-13(21-10)16(17)18/h4-7,14H,15H2,1-3H3. The van der Waals surface area contributed by atoms with Crippen molar-refractivity contribution >= 4 is 5.88 Å². The largest absolute Gasteiger partial charge is 0.493 e. The van der Waals surface area contributed by atoms with Gasteiger partial charge in [-0.25, -0.2) is 0 Å². The highest BCUT2D eigenvalue weighted by Crippen LogP contribution is 2.35. The van der Waals surface area contributed by atoms with E-state index in [1.807, 2.05) is 6.92 Å². The number of nitro groups is 1. The number of nitrogens with two attached hydrogens (primary N) is 1. The molecule has 0 aliphatic carbocycles. The van der Waals surface area contributed by atoms with E-state index in [1.54, 1.807) is 19.2 Å². The first kappa shape index (κ1) is 14.9. The molecular formula is C14H16N2O5. The van der Waals surface area contributed by atoms with Crippen molar-refractivity contribution in [2.75, 3.05) is 14.2 Å². The van der Waals surface area contributed by atoms with Gasteiger partial charge in [-0.3, -0.25) is 10.1 Å². The number of methoxy groups -OCH3 is 2. The summed E-state index contributed by atoms with van der Waals surface area (Å²) >= 11 is 0. The summed E-state index contributed by atoms with van der Waals surface area (Å²) in [5, 5.41) is 10.7. The number of benzene rings is 1. The Morgan fingerprint density at radius 1 is 1.24 bits per heavy atom. The molecule has 0 saturated carbocycles. The van der Waals surface area contributed by atoms with Crippen LogP contribution in [0.5, 0.6) is 11.5 Å². The minimum absolute atomic E-state index is 0.317. The number of aryl methyl sites for hydroxylation is 1. The maximum absolute atomic E-state index is 10.7. The minimum atomic E-state index is -0.626. The van der Waals surface area contributed by atoms with Crippen molar-refractivity contribution in [3.8, 4) is 11.5 Å². The van der Waals surface area contributed by atoms with Gasteiger partial charge in [-0.15, -0.1) is 0 Å². The van der Waals surface area contributed by atoms with Crippen molar-refractivity contribution in [3.63, 3.8) is 0 Å². The van der Waals surface area contributed by atoms with Gasteiger partial charge in [0.2, 0.25) is 0 Å². The molecule has 0 amide bonds. The summed E-state index contributed by atoms with van der Waals surface area (Å²) in [6.45, 7) is 1.87. The summed E-state index contributed by atoms with van der Waals surface area (Å²) < 4.78 is 15.6. The normalized spacial score (nSPS) is 12.0. The van der Waals surface area contributed by atoms with E-state index in [0.29, 0.717) is 17.3 Å². The third-order valence-electron chi connectivity index (χ3n) is 3.21. The van der Waals surface area contributed by atoms with Crippen LogP contribution in [0.2, 0.25) is 0 Å². The zero-order chi connectivity index (χ0) is 15.6. The van der Waals surface area contributed by atoms with Crippen molar-refractivity contribution < 1.29 is 18.8 Å². The van der Waals surface area contributed by atoms with Crippen LogP contribution < -0.4 is 15.2 Å². The van der Waals surface area contributed by atoms with Crippen LogP contribution in [-0.4, -0.2) is 19.1 Å². The third-order valence-corrected chi connectivity index (χ3v) is 3.21. The van der Waals surface area contributed by atoms with E-state index >= 15 is 0 Å². The van der Waals surface area contributed by atoms with E-state index < -0.39 is 11.0 Å². The topological polar surface area (TPSA) is 101 Å². The van der Waals surface area contributed by atoms with Crippen LogP contribution >= 0.6 is 0 Å². The molecule has 21 heavy (non-hydrogen) atoms. The predicted molar refractivity (Wildman–Crippen MR) is 75.7 cm³/mol. The Hall–Kier alpha value is -2.54. The number of rotatable bonds is 5. The van der Waals surface area contributed by atoms with Gasteiger partial charge in [0.05, 0.1) is 26.3 Å². The molecule has 1 atom stereocenters. The summed E-state index contributed by atoms with van der Waals surface area (Å²) in [5.74, 6) is 1.11. The molecular weight excluding hydrogens is 276 g/mol. The lowest BCUT2D eigenvalue weighted by Gasteiger charge is -2.16. The lowest BCUT2D eigenvalue weighted by molar-refractivity contribution is -0.402. The number of furan rings is 1. The zero-order valence-electron chi connectivity index (χ0n) is 12.0. The van der Waals surface area contributed by atoms with E-state index in [9.17, 15) is 10.1 Å². The van der Waals surface area contributed by atoms with Crippen LogP contribution in [-0.2, 0) is 0 Å². The Bertz CT molecular complexity index is 665. The average Bonchev–Trinajstić information content (AvgIpc) is 2.96. The maximum Gasteiger partial charge on any atom is 0.433 e. The van der Waals surface area contributed by atoms with E-state index in [-0.39, 0.29) is 5.88 Å². The molecule has 2 aromatic rings. The van der Waals surface area contributed by atoms with Crippen LogP contribution in [0.15, 0.2) is 28.7 Å². The summed E-state index contributed by atoms with van der Waals surface area (Å²) in [6, 6.07) is 5.70. The summed E-state index contributed by atoms with van der Waals surface area (Å²) in [4.78, 5) is 10.1. The average molecular weight is 292 g/mol. The molecule has 0 aliphatic heterocycles. The molecule has 0 spiro atoms. The number of hydrogen-bond acceptors (Lipinski definition) is 6. The van der Waals surface area contributed by atoms with Crippen LogP contribution in [0.25, 0.3) is 0 Å². The SMILES string of the molecule is COc1cc(C)c(C(N)c2ccc([N+](=O)[O-])o2)cc1OC. The molecule has 2 N–H and O–H groups in total. The first-order valence-corrected chi connectivity index (χ1v) is 6.20. The van der Waals surface area contributed by atoms with E-state index in [2.05, 4.69) is 0 Å². The molecule has 1 unspecified atom stereocenters. The number of nitrogens with zero attached hydrogens (tertiary/aromatic N) is 1. The fraction of sp³-hybridized carbons (Fsp3) is 0.286. The van der Waals surface area contributed by atoms with Gasteiger partial charge in [0.25, 0.3) is 0 Å². The van der Waals surface area contributed by atoms with Crippen molar-refractivity contribution in [3.05, 3.63) is 51.3 Å². The van der Waals surface area contributed by atoms with Crippen molar-refractivity contribution in [2.24, 2.45) is 5.73 Å². The van der Waals surface area contributed by atoms with Crippen LogP contribution in [0.1, 0.15) is 22.9 Å². The Balaban J connectivity index is 2.42. The number of hydrogen-bond donors (Lipinski definition) is 1. The Morgan fingerprint density at radius 3 is 2.38 bits per heavy atom. The monoisotopic (exact) mass is 292 g/mol. The Kier molecular flexibility index (Phi) is 4.13. The highest BCUT2D eigenvalue weighted by molar-refractivity contribution is 5.49. The maximum atomic E-state index is 10.7. The second kappa shape index (κ2) is 5.84. The molecule has 7 heteroatoms. The molecule has 112 valence electrons. The zero-order valence-corrected chi connectivity index (χ0v) is 12.0. The minimum Gasteiger partial charge on any atom is -0.493 e. The predicted octanol–water partition coefficient (Wildman–Crippen LogP) is 2.56. The molecule has 0 radical (unpaired) electrons. The third kappa shape index (κ3) is 2.82. The molecule has 1 aromatic carbocycles. The summed E-state index contributed by atoms with van der Waals surface area (Å²) in [5.41, 5.74) is 7.75. The molecule has 2 rings (SSSR count). The Labute approximate surface area is 121 Å². The van der Waals surface area contributed by atoms with Gasteiger partial charge in [-0.2, -0.15) is 0 Å². The lowest BCUT2D eigenvalue weighted by Crippen LogP contribution is -2.13. The molecule has 0 fully saturated rings. The number of ether oxygens (including phenoxy) is 2. The highest BCUT2D eigenvalue weighted by atomic mass is 16.6. The van der Waals surface area contributed by atoms with Crippen LogP contribution in [0.3, 0.4) is 0 Å². The lowest BCUT2D eigenvalue weighted by atomic mass is 9.99. The van der Waals surface area contributed by atoms with E-state index in [4.69, 9.17) is 19.6 Å².